The molecule has 4 heteroatoms. The number of nitriles is 1. The first-order valence-corrected chi connectivity index (χ1v) is 6.95. The fraction of sp³-hybridized carbons (Fsp3) is 0.176. The molecule has 0 aliphatic heterocycles. The van der Waals surface area contributed by atoms with Crippen molar-refractivity contribution in [3.8, 4) is 6.07 Å². The summed E-state index contributed by atoms with van der Waals surface area (Å²) in [7, 11) is 0. The number of hydrogen-bond donors (Lipinski definition) is 1. The van der Waals surface area contributed by atoms with E-state index >= 15 is 0 Å². The molecule has 0 saturated heterocycles. The Bertz CT molecular complexity index is 822. The minimum absolute atomic E-state index is 0.678. The van der Waals surface area contributed by atoms with Crippen LogP contribution in [-0.4, -0.2) is 9.55 Å². The van der Waals surface area contributed by atoms with E-state index in [0.717, 1.165) is 41.1 Å². The van der Waals surface area contributed by atoms with Crippen molar-refractivity contribution in [3.05, 3.63) is 59.4 Å². The van der Waals surface area contributed by atoms with Gasteiger partial charge in [-0.05, 0) is 35.9 Å². The molecule has 0 aliphatic rings. The lowest BCUT2D eigenvalue weighted by Crippen LogP contribution is -2.04. The second kappa shape index (κ2) is 5.29. The summed E-state index contributed by atoms with van der Waals surface area (Å²) < 4.78 is 2.20. The third-order valence-electron chi connectivity index (χ3n) is 3.59. The molecule has 0 unspecified atom stereocenters. The first kappa shape index (κ1) is 13.2. The summed E-state index contributed by atoms with van der Waals surface area (Å²) in [5.41, 5.74) is 10.4. The molecule has 0 saturated carbocycles. The molecule has 0 aliphatic carbocycles. The molecule has 0 spiro atoms. The topological polar surface area (TPSA) is 67.6 Å². The Morgan fingerprint density at radius 2 is 1.95 bits per heavy atom. The average molecular weight is 276 g/mol. The van der Waals surface area contributed by atoms with Crippen molar-refractivity contribution in [2.24, 2.45) is 0 Å². The maximum absolute atomic E-state index is 8.86. The van der Waals surface area contributed by atoms with Gasteiger partial charge in [-0.25, -0.2) is 4.98 Å². The number of fused-ring (bicyclic) bond motifs is 1. The molecule has 3 aromatic rings. The highest BCUT2D eigenvalue weighted by molar-refractivity contribution is 5.79. The molecule has 0 atom stereocenters. The number of nitrogens with two attached hydrogens (primary N) is 1. The standard InChI is InChI=1S/C17H16N4/c1-2-17-20-15-9-14(19)7-8-16(15)21(17)11-13-5-3-12(10-18)4-6-13/h3-9H,2,11,19H2,1H3. The SMILES string of the molecule is CCc1nc2cc(N)ccc2n1Cc1ccc(C#N)cc1. The van der Waals surface area contributed by atoms with E-state index in [9.17, 15) is 0 Å². The normalized spacial score (nSPS) is 10.7. The summed E-state index contributed by atoms with van der Waals surface area (Å²) in [6.45, 7) is 2.84. The van der Waals surface area contributed by atoms with Gasteiger partial charge in [0, 0.05) is 18.7 Å². The lowest BCUT2D eigenvalue weighted by molar-refractivity contribution is 0.753. The predicted molar refractivity (Wildman–Crippen MR) is 83.8 cm³/mol. The minimum atomic E-state index is 0.678. The molecule has 0 amide bonds. The maximum atomic E-state index is 8.86. The Morgan fingerprint density at radius 1 is 1.19 bits per heavy atom. The van der Waals surface area contributed by atoms with Gasteiger partial charge in [-0.2, -0.15) is 5.26 Å². The molecule has 0 radical (unpaired) electrons. The van der Waals surface area contributed by atoms with E-state index in [4.69, 9.17) is 11.0 Å². The van der Waals surface area contributed by atoms with Crippen molar-refractivity contribution in [2.75, 3.05) is 5.73 Å². The van der Waals surface area contributed by atoms with E-state index in [-0.39, 0.29) is 0 Å². The molecule has 104 valence electrons. The van der Waals surface area contributed by atoms with Crippen LogP contribution in [-0.2, 0) is 13.0 Å². The van der Waals surface area contributed by atoms with Gasteiger partial charge in [0.05, 0.1) is 22.7 Å². The van der Waals surface area contributed by atoms with Gasteiger partial charge in [-0.1, -0.05) is 19.1 Å². The van der Waals surface area contributed by atoms with Crippen LogP contribution in [0, 0.1) is 11.3 Å². The van der Waals surface area contributed by atoms with Gasteiger partial charge in [0.25, 0.3) is 0 Å². The zero-order chi connectivity index (χ0) is 14.8. The number of hydrogen-bond acceptors (Lipinski definition) is 3. The van der Waals surface area contributed by atoms with Gasteiger partial charge in [0.15, 0.2) is 0 Å². The highest BCUT2D eigenvalue weighted by Crippen LogP contribution is 2.21. The third kappa shape index (κ3) is 2.46. The Kier molecular flexibility index (Phi) is 3.33. The number of anilines is 1. The maximum Gasteiger partial charge on any atom is 0.109 e. The van der Waals surface area contributed by atoms with E-state index < -0.39 is 0 Å². The molecule has 0 bridgehead atoms. The molecule has 4 nitrogen and oxygen atoms in total. The summed E-state index contributed by atoms with van der Waals surface area (Å²) in [5.74, 6) is 1.04. The number of benzene rings is 2. The smallest absolute Gasteiger partial charge is 0.109 e. The number of aryl methyl sites for hydroxylation is 1. The fourth-order valence-electron chi connectivity index (χ4n) is 2.51. The molecule has 1 heterocycles. The minimum Gasteiger partial charge on any atom is -0.399 e. The van der Waals surface area contributed by atoms with Crippen LogP contribution in [0.2, 0.25) is 0 Å². The number of imidazole rings is 1. The van der Waals surface area contributed by atoms with Crippen LogP contribution in [0.5, 0.6) is 0 Å². The Labute approximate surface area is 123 Å². The number of nitrogens with zero attached hydrogens (tertiary/aromatic N) is 3. The van der Waals surface area contributed by atoms with Crippen molar-refractivity contribution in [1.82, 2.24) is 9.55 Å². The average Bonchev–Trinajstić information content (AvgIpc) is 2.85. The number of nitrogen functional groups attached to an aromatic ring is 1. The van der Waals surface area contributed by atoms with Crippen LogP contribution in [0.3, 0.4) is 0 Å². The van der Waals surface area contributed by atoms with Crippen LogP contribution < -0.4 is 5.73 Å². The van der Waals surface area contributed by atoms with Crippen molar-refractivity contribution in [2.45, 2.75) is 19.9 Å². The van der Waals surface area contributed by atoms with Crippen molar-refractivity contribution >= 4 is 16.7 Å². The molecular weight excluding hydrogens is 260 g/mol. The van der Waals surface area contributed by atoms with E-state index in [0.29, 0.717) is 5.56 Å². The summed E-state index contributed by atoms with van der Waals surface area (Å²) >= 11 is 0. The predicted octanol–water partition coefficient (Wildman–Crippen LogP) is 3.10. The summed E-state index contributed by atoms with van der Waals surface area (Å²) in [6.07, 6.45) is 0.866. The molecule has 2 N–H and O–H groups in total. The Balaban J connectivity index is 2.04. The number of rotatable bonds is 3. The zero-order valence-electron chi connectivity index (χ0n) is 11.9. The molecular formula is C17H16N4. The van der Waals surface area contributed by atoms with Gasteiger partial charge in [0.2, 0.25) is 0 Å². The van der Waals surface area contributed by atoms with E-state index in [1.165, 1.54) is 0 Å². The third-order valence-corrected chi connectivity index (χ3v) is 3.59. The zero-order valence-corrected chi connectivity index (χ0v) is 11.9. The monoisotopic (exact) mass is 276 g/mol. The molecule has 0 fully saturated rings. The molecule has 3 rings (SSSR count). The lowest BCUT2D eigenvalue weighted by Gasteiger charge is -2.08. The number of aromatic nitrogens is 2. The van der Waals surface area contributed by atoms with E-state index in [1.54, 1.807) is 0 Å². The van der Waals surface area contributed by atoms with Gasteiger partial charge in [0.1, 0.15) is 5.82 Å². The summed E-state index contributed by atoms with van der Waals surface area (Å²) in [6, 6.07) is 15.6. The largest absolute Gasteiger partial charge is 0.399 e. The Hall–Kier alpha value is -2.80. The quantitative estimate of drug-likeness (QED) is 0.747. The molecule has 1 aromatic heterocycles. The van der Waals surface area contributed by atoms with Crippen LogP contribution in [0.1, 0.15) is 23.9 Å². The van der Waals surface area contributed by atoms with Crippen LogP contribution >= 0.6 is 0 Å². The van der Waals surface area contributed by atoms with Crippen LogP contribution in [0.4, 0.5) is 5.69 Å². The first-order chi connectivity index (χ1) is 10.2. The van der Waals surface area contributed by atoms with Crippen LogP contribution in [0.25, 0.3) is 11.0 Å². The first-order valence-electron chi connectivity index (χ1n) is 6.95. The molecule has 2 aromatic carbocycles. The van der Waals surface area contributed by atoms with Crippen molar-refractivity contribution in [3.63, 3.8) is 0 Å². The van der Waals surface area contributed by atoms with Gasteiger partial charge >= 0.3 is 0 Å². The highest BCUT2D eigenvalue weighted by atomic mass is 15.1. The van der Waals surface area contributed by atoms with Crippen molar-refractivity contribution in [1.29, 1.82) is 5.26 Å². The van der Waals surface area contributed by atoms with Gasteiger partial charge in [-0.3, -0.25) is 0 Å². The van der Waals surface area contributed by atoms with Gasteiger partial charge in [-0.15, -0.1) is 0 Å². The lowest BCUT2D eigenvalue weighted by atomic mass is 10.1. The second-order valence-electron chi connectivity index (χ2n) is 5.02. The van der Waals surface area contributed by atoms with Gasteiger partial charge < -0.3 is 10.3 Å². The highest BCUT2D eigenvalue weighted by Gasteiger charge is 2.10. The van der Waals surface area contributed by atoms with Crippen molar-refractivity contribution < 1.29 is 0 Å². The van der Waals surface area contributed by atoms with E-state index in [2.05, 4.69) is 22.5 Å². The summed E-state index contributed by atoms with van der Waals surface area (Å²) in [5, 5.41) is 8.86. The Morgan fingerprint density at radius 3 is 2.62 bits per heavy atom. The summed E-state index contributed by atoms with van der Waals surface area (Å²) in [4.78, 5) is 4.65. The van der Waals surface area contributed by atoms with E-state index in [1.807, 2.05) is 42.5 Å². The molecule has 21 heavy (non-hydrogen) atoms. The van der Waals surface area contributed by atoms with Crippen LogP contribution in [0.15, 0.2) is 42.5 Å². The second-order valence-corrected chi connectivity index (χ2v) is 5.02. The fourth-order valence-corrected chi connectivity index (χ4v) is 2.51.